The molecule has 0 amide bonds. The Kier molecular flexibility index (Phi) is 3.82. The van der Waals surface area contributed by atoms with Crippen molar-refractivity contribution in [3.8, 4) is 5.75 Å². The minimum Gasteiger partial charge on any atom is -0.382 e. The smallest absolute Gasteiger partial charge is 0.311 e. The third-order valence-electron chi connectivity index (χ3n) is 8.33. The Labute approximate surface area is 162 Å². The molecule has 1 saturated heterocycles. The molecule has 0 unspecified atom stereocenters. The van der Waals surface area contributed by atoms with Gasteiger partial charge in [0.15, 0.2) is 0 Å². The van der Waals surface area contributed by atoms with Gasteiger partial charge in [0.05, 0.1) is 17.5 Å². The summed E-state index contributed by atoms with van der Waals surface area (Å²) in [7, 11) is -3.54. The summed E-state index contributed by atoms with van der Waals surface area (Å²) in [6, 6.07) is 5.97. The van der Waals surface area contributed by atoms with Crippen LogP contribution in [0.3, 0.4) is 0 Å². The van der Waals surface area contributed by atoms with E-state index in [1.54, 1.807) is 13.8 Å². The van der Waals surface area contributed by atoms with Gasteiger partial charge in [0.25, 0.3) is 0 Å². The molecule has 1 aliphatic heterocycles. The van der Waals surface area contributed by atoms with E-state index in [1.165, 1.54) is 43.2 Å². The van der Waals surface area contributed by atoms with Crippen LogP contribution in [0.5, 0.6) is 5.75 Å². The van der Waals surface area contributed by atoms with Crippen LogP contribution in [-0.2, 0) is 21.3 Å². The van der Waals surface area contributed by atoms with Gasteiger partial charge >= 0.3 is 10.1 Å². The van der Waals surface area contributed by atoms with Crippen LogP contribution in [0.25, 0.3) is 0 Å². The van der Waals surface area contributed by atoms with Gasteiger partial charge in [-0.2, -0.15) is 8.42 Å². The minimum atomic E-state index is -3.54. The van der Waals surface area contributed by atoms with Gasteiger partial charge in [0.2, 0.25) is 0 Å². The number of fused-ring (bicyclic) bond motifs is 4. The molecule has 1 heterocycles. The molecule has 4 nitrogen and oxygen atoms in total. The van der Waals surface area contributed by atoms with Gasteiger partial charge in [0.1, 0.15) is 5.75 Å². The third-order valence-corrected chi connectivity index (χ3v) is 9.91. The summed E-state index contributed by atoms with van der Waals surface area (Å²) in [4.78, 5) is 0. The number of benzene rings is 1. The normalized spacial score (nSPS) is 39.8. The van der Waals surface area contributed by atoms with Crippen LogP contribution in [-0.4, -0.2) is 25.9 Å². The lowest BCUT2D eigenvalue weighted by molar-refractivity contribution is -0.272. The fourth-order valence-corrected chi connectivity index (χ4v) is 7.20. The Morgan fingerprint density at radius 2 is 2.00 bits per heavy atom. The van der Waals surface area contributed by atoms with E-state index in [2.05, 4.69) is 13.0 Å². The highest BCUT2D eigenvalue weighted by molar-refractivity contribution is 7.87. The fourth-order valence-electron chi connectivity index (χ4n) is 6.64. The molecule has 1 aromatic carbocycles. The molecule has 5 rings (SSSR count). The van der Waals surface area contributed by atoms with E-state index in [0.717, 1.165) is 24.9 Å². The first-order valence-corrected chi connectivity index (χ1v) is 11.9. The zero-order chi connectivity index (χ0) is 19.0. The number of rotatable bonds is 3. The average molecular weight is 391 g/mol. The predicted molar refractivity (Wildman–Crippen MR) is 104 cm³/mol. The van der Waals surface area contributed by atoms with Gasteiger partial charge < -0.3 is 8.92 Å². The lowest BCUT2D eigenvalue weighted by atomic mass is 9.51. The zero-order valence-corrected chi connectivity index (χ0v) is 17.3. The van der Waals surface area contributed by atoms with E-state index in [-0.39, 0.29) is 5.60 Å². The third kappa shape index (κ3) is 2.40. The van der Waals surface area contributed by atoms with Gasteiger partial charge in [-0.3, -0.25) is 0 Å². The van der Waals surface area contributed by atoms with Gasteiger partial charge in [0, 0.05) is 5.41 Å². The van der Waals surface area contributed by atoms with Gasteiger partial charge in [-0.1, -0.05) is 6.07 Å². The Hall–Kier alpha value is -1.07. The summed E-state index contributed by atoms with van der Waals surface area (Å²) in [6.45, 7) is 6.60. The maximum atomic E-state index is 12.1. The lowest BCUT2D eigenvalue weighted by Gasteiger charge is -2.61. The molecule has 1 aromatic rings. The molecule has 1 spiro atoms. The van der Waals surface area contributed by atoms with Crippen molar-refractivity contribution in [1.82, 2.24) is 0 Å². The molecule has 5 atom stereocenters. The molecule has 4 aliphatic rings. The number of aryl methyl sites for hydroxylation is 1. The second kappa shape index (κ2) is 5.73. The Morgan fingerprint density at radius 3 is 2.70 bits per heavy atom. The summed E-state index contributed by atoms with van der Waals surface area (Å²) >= 11 is 0. The standard InChI is InChI=1S/C22H30O4S/c1-14(2)27(23,24)26-16-5-7-17-15(12-16)4-6-19-18(17)8-11-22-13-25-21(22,3)10-9-20(19)22/h5,7,12,14,18-20H,4,6,8-11,13H2,1-3H3/t18-,19-,20+,21+,22-/m1/s1. The van der Waals surface area contributed by atoms with E-state index in [1.807, 2.05) is 12.1 Å². The zero-order valence-electron chi connectivity index (χ0n) is 16.5. The number of ether oxygens (including phenoxy) is 1. The van der Waals surface area contributed by atoms with E-state index < -0.39 is 15.4 Å². The van der Waals surface area contributed by atoms with Gasteiger partial charge in [-0.05, 0) is 100 Å². The van der Waals surface area contributed by atoms with Crippen LogP contribution >= 0.6 is 0 Å². The highest BCUT2D eigenvalue weighted by Crippen LogP contribution is 2.69. The molecule has 0 bridgehead atoms. The highest BCUT2D eigenvalue weighted by atomic mass is 32.2. The molecule has 0 radical (unpaired) electrons. The van der Waals surface area contributed by atoms with E-state index in [0.29, 0.717) is 17.1 Å². The van der Waals surface area contributed by atoms with Crippen molar-refractivity contribution in [2.45, 2.75) is 76.1 Å². The second-order valence-corrected chi connectivity index (χ2v) is 11.7. The molecule has 3 fully saturated rings. The van der Waals surface area contributed by atoms with E-state index >= 15 is 0 Å². The Bertz CT molecular complexity index is 876. The van der Waals surface area contributed by atoms with E-state index in [4.69, 9.17) is 8.92 Å². The quantitative estimate of drug-likeness (QED) is 0.717. The van der Waals surface area contributed by atoms with Crippen molar-refractivity contribution in [3.05, 3.63) is 29.3 Å². The summed E-state index contributed by atoms with van der Waals surface area (Å²) < 4.78 is 35.6. The fraction of sp³-hybridized carbons (Fsp3) is 0.727. The monoisotopic (exact) mass is 390 g/mol. The molecule has 2 saturated carbocycles. The van der Waals surface area contributed by atoms with Crippen LogP contribution in [0, 0.1) is 17.3 Å². The van der Waals surface area contributed by atoms with Crippen LogP contribution in [0.1, 0.15) is 69.9 Å². The van der Waals surface area contributed by atoms with Crippen molar-refractivity contribution in [1.29, 1.82) is 0 Å². The Balaban J connectivity index is 1.42. The van der Waals surface area contributed by atoms with Crippen molar-refractivity contribution in [2.75, 3.05) is 6.61 Å². The molecular formula is C22H30O4S. The number of hydrogen-bond donors (Lipinski definition) is 0. The average Bonchev–Trinajstić information content (AvgIpc) is 2.82. The molecule has 148 valence electrons. The topological polar surface area (TPSA) is 52.6 Å². The van der Waals surface area contributed by atoms with Crippen molar-refractivity contribution in [2.24, 2.45) is 17.3 Å². The Morgan fingerprint density at radius 1 is 1.19 bits per heavy atom. The van der Waals surface area contributed by atoms with Crippen LogP contribution in [0.2, 0.25) is 0 Å². The molecule has 0 aromatic heterocycles. The first kappa shape index (κ1) is 18.0. The van der Waals surface area contributed by atoms with Gasteiger partial charge in [-0.15, -0.1) is 0 Å². The summed E-state index contributed by atoms with van der Waals surface area (Å²) in [5, 5.41) is -0.534. The maximum Gasteiger partial charge on any atom is 0.311 e. The summed E-state index contributed by atoms with van der Waals surface area (Å²) in [6.07, 6.45) is 7.26. The van der Waals surface area contributed by atoms with Gasteiger partial charge in [-0.25, -0.2) is 0 Å². The molecule has 0 N–H and O–H groups in total. The SMILES string of the molecule is CC(C)S(=O)(=O)Oc1ccc2c(c1)CC[C@@H]1[C@@H]2CC[C@]23CO[C@@]2(C)CC[C@@H]13. The summed E-state index contributed by atoms with van der Waals surface area (Å²) in [5.41, 5.74) is 3.28. The van der Waals surface area contributed by atoms with E-state index in [9.17, 15) is 8.42 Å². The first-order valence-electron chi connectivity index (χ1n) is 10.5. The molecular weight excluding hydrogens is 360 g/mol. The van der Waals surface area contributed by atoms with Crippen LogP contribution < -0.4 is 4.18 Å². The summed E-state index contributed by atoms with van der Waals surface area (Å²) in [5.74, 6) is 2.63. The lowest BCUT2D eigenvalue weighted by Crippen LogP contribution is -2.63. The largest absolute Gasteiger partial charge is 0.382 e. The van der Waals surface area contributed by atoms with Crippen molar-refractivity contribution >= 4 is 10.1 Å². The minimum absolute atomic E-state index is 0.131. The highest BCUT2D eigenvalue weighted by Gasteiger charge is 2.68. The molecule has 3 aliphatic carbocycles. The van der Waals surface area contributed by atoms with Crippen molar-refractivity contribution in [3.63, 3.8) is 0 Å². The number of hydrogen-bond acceptors (Lipinski definition) is 4. The predicted octanol–water partition coefficient (Wildman–Crippen LogP) is 4.43. The van der Waals surface area contributed by atoms with Crippen LogP contribution in [0.4, 0.5) is 0 Å². The maximum absolute atomic E-state index is 12.1. The molecule has 5 heteroatoms. The second-order valence-electron chi connectivity index (χ2n) is 9.65. The van der Waals surface area contributed by atoms with Crippen LogP contribution in [0.15, 0.2) is 18.2 Å². The first-order chi connectivity index (χ1) is 12.8. The van der Waals surface area contributed by atoms with Crippen molar-refractivity contribution < 1.29 is 17.3 Å². The molecule has 27 heavy (non-hydrogen) atoms.